The van der Waals surface area contributed by atoms with E-state index in [1.54, 1.807) is 36.9 Å². The Morgan fingerprint density at radius 3 is 2.59 bits per heavy atom. The lowest BCUT2D eigenvalue weighted by molar-refractivity contribution is 0.0936. The first-order valence-electron chi connectivity index (χ1n) is 8.88. The van der Waals surface area contributed by atoms with Crippen molar-refractivity contribution in [1.82, 2.24) is 20.6 Å². The minimum Gasteiger partial charge on any atom is -0.352 e. The number of benzene rings is 1. The van der Waals surface area contributed by atoms with Crippen molar-refractivity contribution in [2.24, 2.45) is 0 Å². The Labute approximate surface area is 158 Å². The van der Waals surface area contributed by atoms with Crippen molar-refractivity contribution < 1.29 is 9.59 Å². The van der Waals surface area contributed by atoms with Gasteiger partial charge in [-0.2, -0.15) is 0 Å². The van der Waals surface area contributed by atoms with Crippen LogP contribution in [0.5, 0.6) is 0 Å². The average molecular weight is 362 g/mol. The number of rotatable bonds is 6. The zero-order chi connectivity index (χ0) is 19.2. The molecule has 2 N–H and O–H groups in total. The van der Waals surface area contributed by atoms with Crippen molar-refractivity contribution in [3.63, 3.8) is 0 Å². The summed E-state index contributed by atoms with van der Waals surface area (Å²) in [6, 6.07) is 9.14. The molecule has 2 heterocycles. The van der Waals surface area contributed by atoms with Crippen LogP contribution in [0.4, 0.5) is 0 Å². The zero-order valence-corrected chi connectivity index (χ0v) is 15.4. The number of pyridine rings is 2. The Hall–Kier alpha value is -3.28. The molecule has 6 heteroatoms. The second kappa shape index (κ2) is 8.40. The van der Waals surface area contributed by atoms with Gasteiger partial charge in [0.2, 0.25) is 0 Å². The van der Waals surface area contributed by atoms with Crippen molar-refractivity contribution in [3.8, 4) is 0 Å². The fraction of sp³-hybridized carbons (Fsp3) is 0.238. The number of fused-ring (bicyclic) bond motifs is 1. The molecule has 0 spiro atoms. The highest BCUT2D eigenvalue weighted by atomic mass is 16.2. The van der Waals surface area contributed by atoms with Gasteiger partial charge in [0.1, 0.15) is 0 Å². The maximum absolute atomic E-state index is 12.5. The zero-order valence-electron chi connectivity index (χ0n) is 15.4. The summed E-state index contributed by atoms with van der Waals surface area (Å²) in [5.74, 6) is -0.283. The van der Waals surface area contributed by atoms with Gasteiger partial charge in [-0.05, 0) is 49.4 Å². The van der Waals surface area contributed by atoms with Crippen LogP contribution in [-0.4, -0.2) is 34.4 Å². The van der Waals surface area contributed by atoms with Crippen molar-refractivity contribution in [2.45, 2.75) is 26.3 Å². The first-order valence-corrected chi connectivity index (χ1v) is 8.88. The van der Waals surface area contributed by atoms with Crippen LogP contribution < -0.4 is 10.6 Å². The Balaban J connectivity index is 1.54. The summed E-state index contributed by atoms with van der Waals surface area (Å²) in [6.07, 6.45) is 7.27. The molecule has 0 aliphatic carbocycles. The number of nitrogens with zero attached hydrogens (tertiary/aromatic N) is 2. The second-order valence-corrected chi connectivity index (χ2v) is 6.51. The van der Waals surface area contributed by atoms with Crippen LogP contribution in [0.2, 0.25) is 0 Å². The van der Waals surface area contributed by atoms with E-state index in [0.29, 0.717) is 24.1 Å². The predicted molar refractivity (Wildman–Crippen MR) is 105 cm³/mol. The quantitative estimate of drug-likeness (QED) is 0.706. The van der Waals surface area contributed by atoms with E-state index in [2.05, 4.69) is 20.6 Å². The van der Waals surface area contributed by atoms with Crippen molar-refractivity contribution in [2.75, 3.05) is 6.54 Å². The number of carbonyl (C=O) groups is 2. The van der Waals surface area contributed by atoms with Gasteiger partial charge >= 0.3 is 0 Å². The van der Waals surface area contributed by atoms with E-state index in [-0.39, 0.29) is 17.9 Å². The third kappa shape index (κ3) is 4.47. The molecule has 3 rings (SSSR count). The number of amides is 2. The molecular formula is C21H22N4O2. The fourth-order valence-electron chi connectivity index (χ4n) is 2.89. The van der Waals surface area contributed by atoms with Gasteiger partial charge in [-0.15, -0.1) is 0 Å². The lowest BCUT2D eigenvalue weighted by atomic mass is 10.1. The summed E-state index contributed by atoms with van der Waals surface area (Å²) in [4.78, 5) is 32.9. The van der Waals surface area contributed by atoms with Crippen LogP contribution in [0.3, 0.4) is 0 Å². The predicted octanol–water partition coefficient (Wildman–Crippen LogP) is 2.88. The standard InChI is InChI=1S/C21H22N4O2/c1-14-6-9-23-13-19(14)21(27)25-15(2)7-11-24-20(26)18-5-3-4-16-12-22-10-8-17(16)18/h3-6,8-10,12-13,15H,7,11H2,1-2H3,(H,24,26)(H,25,27). The SMILES string of the molecule is Cc1ccncc1C(=O)NC(C)CCNC(=O)c1cccc2cnccc12. The number of carbonyl (C=O) groups excluding carboxylic acids is 2. The molecule has 0 aliphatic heterocycles. The molecule has 6 nitrogen and oxygen atoms in total. The van der Waals surface area contributed by atoms with Crippen molar-refractivity contribution in [3.05, 3.63) is 71.8 Å². The first kappa shape index (κ1) is 18.5. The van der Waals surface area contributed by atoms with Gasteiger partial charge < -0.3 is 10.6 Å². The summed E-state index contributed by atoms with van der Waals surface area (Å²) < 4.78 is 0. The molecule has 0 fully saturated rings. The van der Waals surface area contributed by atoms with Gasteiger partial charge in [0.05, 0.1) is 5.56 Å². The number of hydrogen-bond donors (Lipinski definition) is 2. The molecule has 0 aliphatic rings. The molecule has 138 valence electrons. The summed E-state index contributed by atoms with van der Waals surface area (Å²) in [5, 5.41) is 7.67. The molecule has 0 radical (unpaired) electrons. The maximum Gasteiger partial charge on any atom is 0.253 e. The Kier molecular flexibility index (Phi) is 5.76. The molecule has 1 atom stereocenters. The first-order chi connectivity index (χ1) is 13.1. The van der Waals surface area contributed by atoms with E-state index in [1.165, 1.54) is 0 Å². The van der Waals surface area contributed by atoms with Crippen LogP contribution in [-0.2, 0) is 0 Å². The highest BCUT2D eigenvalue weighted by Gasteiger charge is 2.13. The summed E-state index contributed by atoms with van der Waals surface area (Å²) in [5.41, 5.74) is 2.07. The van der Waals surface area contributed by atoms with Gasteiger partial charge in [0.15, 0.2) is 0 Å². The van der Waals surface area contributed by atoms with Crippen molar-refractivity contribution >= 4 is 22.6 Å². The lowest BCUT2D eigenvalue weighted by Crippen LogP contribution is -2.36. The Morgan fingerprint density at radius 1 is 1.00 bits per heavy atom. The van der Waals surface area contributed by atoms with E-state index >= 15 is 0 Å². The number of hydrogen-bond acceptors (Lipinski definition) is 4. The largest absolute Gasteiger partial charge is 0.352 e. The third-order valence-electron chi connectivity index (χ3n) is 4.45. The van der Waals surface area contributed by atoms with Gasteiger partial charge in [0, 0.05) is 48.3 Å². The highest BCUT2D eigenvalue weighted by molar-refractivity contribution is 6.06. The molecule has 1 unspecified atom stereocenters. The molecular weight excluding hydrogens is 340 g/mol. The van der Waals surface area contributed by atoms with Crippen LogP contribution in [0.1, 0.15) is 39.6 Å². The topological polar surface area (TPSA) is 84.0 Å². The van der Waals surface area contributed by atoms with E-state index in [4.69, 9.17) is 0 Å². The fourth-order valence-corrected chi connectivity index (χ4v) is 2.89. The molecule has 0 saturated heterocycles. The van der Waals surface area contributed by atoms with Crippen LogP contribution in [0.25, 0.3) is 10.8 Å². The molecule has 0 bridgehead atoms. The smallest absolute Gasteiger partial charge is 0.253 e. The van der Waals surface area contributed by atoms with Gasteiger partial charge in [-0.3, -0.25) is 19.6 Å². The van der Waals surface area contributed by atoms with Crippen LogP contribution >= 0.6 is 0 Å². The lowest BCUT2D eigenvalue weighted by Gasteiger charge is -2.15. The highest BCUT2D eigenvalue weighted by Crippen LogP contribution is 2.17. The monoisotopic (exact) mass is 362 g/mol. The van der Waals surface area contributed by atoms with E-state index in [1.807, 2.05) is 32.0 Å². The molecule has 27 heavy (non-hydrogen) atoms. The van der Waals surface area contributed by atoms with Gasteiger partial charge in [-0.1, -0.05) is 12.1 Å². The second-order valence-electron chi connectivity index (χ2n) is 6.51. The van der Waals surface area contributed by atoms with E-state index in [0.717, 1.165) is 16.3 Å². The van der Waals surface area contributed by atoms with Crippen molar-refractivity contribution in [1.29, 1.82) is 0 Å². The maximum atomic E-state index is 12.5. The minimum atomic E-state index is -0.152. The summed E-state index contributed by atoms with van der Waals surface area (Å²) in [7, 11) is 0. The van der Waals surface area contributed by atoms with Crippen LogP contribution in [0.15, 0.2) is 55.1 Å². The Morgan fingerprint density at radius 2 is 1.78 bits per heavy atom. The minimum absolute atomic E-state index is 0.0749. The Bertz CT molecular complexity index is 966. The summed E-state index contributed by atoms with van der Waals surface area (Å²) in [6.45, 7) is 4.26. The third-order valence-corrected chi connectivity index (χ3v) is 4.45. The average Bonchev–Trinajstić information content (AvgIpc) is 2.67. The van der Waals surface area contributed by atoms with Gasteiger partial charge in [0.25, 0.3) is 11.8 Å². The normalized spacial score (nSPS) is 11.8. The number of aryl methyl sites for hydroxylation is 1. The van der Waals surface area contributed by atoms with E-state index < -0.39 is 0 Å². The summed E-state index contributed by atoms with van der Waals surface area (Å²) >= 11 is 0. The molecule has 3 aromatic rings. The van der Waals surface area contributed by atoms with Gasteiger partial charge in [-0.25, -0.2) is 0 Å². The molecule has 2 aromatic heterocycles. The number of nitrogens with one attached hydrogen (secondary N) is 2. The van der Waals surface area contributed by atoms with E-state index in [9.17, 15) is 9.59 Å². The number of aromatic nitrogens is 2. The molecule has 2 amide bonds. The molecule has 0 saturated carbocycles. The van der Waals surface area contributed by atoms with Crippen LogP contribution in [0, 0.1) is 6.92 Å². The molecule has 1 aromatic carbocycles.